The molecule has 0 aromatic carbocycles. The lowest BCUT2D eigenvalue weighted by atomic mass is 9.99. The second-order valence-electron chi connectivity index (χ2n) is 6.89. The van der Waals surface area contributed by atoms with Crippen LogP contribution < -0.4 is 4.72 Å². The standard InChI is InChI=1S/C16H28N2O4S2/c1-7-22-15(20)12-9-23-14(17-12)13(19)8-11(10(2)3)18-24(21)16(4,5)6/h9-11,13,18-19H,7-8H2,1-6H3/t11?,13?,24-/m0/s1. The summed E-state index contributed by atoms with van der Waals surface area (Å²) in [5, 5.41) is 12.5. The fraction of sp³-hybridized carbons (Fsp3) is 0.750. The monoisotopic (exact) mass is 376 g/mol. The summed E-state index contributed by atoms with van der Waals surface area (Å²) in [5.74, 6) is -0.296. The van der Waals surface area contributed by atoms with Crippen LogP contribution in [0.15, 0.2) is 5.38 Å². The quantitative estimate of drug-likeness (QED) is 0.535. The Morgan fingerprint density at radius 3 is 2.62 bits per heavy atom. The van der Waals surface area contributed by atoms with Gasteiger partial charge >= 0.3 is 5.97 Å². The third kappa shape index (κ3) is 6.33. The maximum atomic E-state index is 12.3. The molecule has 2 N–H and O–H groups in total. The van der Waals surface area contributed by atoms with E-state index in [0.717, 1.165) is 0 Å². The molecule has 0 amide bonds. The molecule has 0 saturated carbocycles. The van der Waals surface area contributed by atoms with E-state index in [2.05, 4.69) is 9.71 Å². The molecule has 0 aliphatic carbocycles. The number of nitrogens with zero attached hydrogens (tertiary/aromatic N) is 1. The fourth-order valence-corrected chi connectivity index (χ4v) is 3.63. The van der Waals surface area contributed by atoms with E-state index in [1.807, 2.05) is 34.6 Å². The highest BCUT2D eigenvalue weighted by Gasteiger charge is 2.32. The number of hydrogen-bond donors (Lipinski definition) is 2. The van der Waals surface area contributed by atoms with E-state index in [-0.39, 0.29) is 29.0 Å². The zero-order chi connectivity index (χ0) is 18.5. The van der Waals surface area contributed by atoms with Crippen LogP contribution in [0.3, 0.4) is 0 Å². The Labute approximate surface area is 151 Å². The van der Waals surface area contributed by atoms with Crippen molar-refractivity contribution < 1.29 is 19.2 Å². The number of aliphatic hydroxyl groups is 1. The second-order valence-corrected chi connectivity index (χ2v) is 9.78. The van der Waals surface area contributed by atoms with Crippen molar-refractivity contribution in [3.05, 3.63) is 16.1 Å². The van der Waals surface area contributed by atoms with Crippen molar-refractivity contribution in [1.29, 1.82) is 0 Å². The number of esters is 1. The van der Waals surface area contributed by atoms with Gasteiger partial charge in [-0.05, 0) is 40.0 Å². The Morgan fingerprint density at radius 1 is 1.50 bits per heavy atom. The molecule has 1 rings (SSSR count). The molecule has 138 valence electrons. The summed E-state index contributed by atoms with van der Waals surface area (Å²) in [6.45, 7) is 11.7. The zero-order valence-electron chi connectivity index (χ0n) is 15.2. The van der Waals surface area contributed by atoms with Crippen LogP contribution in [-0.4, -0.2) is 38.0 Å². The van der Waals surface area contributed by atoms with Gasteiger partial charge in [-0.3, -0.25) is 0 Å². The number of carbonyl (C=O) groups is 1. The van der Waals surface area contributed by atoms with E-state index >= 15 is 0 Å². The van der Waals surface area contributed by atoms with Gasteiger partial charge in [0.15, 0.2) is 5.69 Å². The lowest BCUT2D eigenvalue weighted by Gasteiger charge is -2.30. The van der Waals surface area contributed by atoms with Gasteiger partial charge in [0.1, 0.15) is 15.9 Å². The third-order valence-electron chi connectivity index (χ3n) is 3.39. The molecular weight excluding hydrogens is 348 g/mol. The molecule has 0 aliphatic heterocycles. The predicted molar refractivity (Wildman–Crippen MR) is 97.3 cm³/mol. The molecule has 0 aliphatic rings. The van der Waals surface area contributed by atoms with Crippen LogP contribution in [0.1, 0.15) is 69.6 Å². The first-order valence-corrected chi connectivity index (χ1v) is 10.1. The summed E-state index contributed by atoms with van der Waals surface area (Å²) in [4.78, 5) is 15.8. The first-order valence-electron chi connectivity index (χ1n) is 8.04. The molecular formula is C16H28N2O4S2. The molecule has 8 heteroatoms. The summed E-state index contributed by atoms with van der Waals surface area (Å²) in [6, 6.07) is -0.130. The van der Waals surface area contributed by atoms with Crippen LogP contribution >= 0.6 is 11.3 Å². The van der Waals surface area contributed by atoms with E-state index < -0.39 is 23.4 Å². The highest BCUT2D eigenvalue weighted by Crippen LogP contribution is 2.26. The van der Waals surface area contributed by atoms with Gasteiger partial charge in [-0.15, -0.1) is 16.1 Å². The van der Waals surface area contributed by atoms with Gasteiger partial charge in [0.05, 0.1) is 12.6 Å². The molecule has 0 saturated heterocycles. The number of rotatable bonds is 8. The van der Waals surface area contributed by atoms with Gasteiger partial charge in [-0.2, -0.15) is 0 Å². The van der Waals surface area contributed by atoms with Crippen LogP contribution in [-0.2, 0) is 16.1 Å². The van der Waals surface area contributed by atoms with E-state index in [1.54, 1.807) is 12.3 Å². The lowest BCUT2D eigenvalue weighted by Crippen LogP contribution is -2.47. The number of hydrogen-bond acceptors (Lipinski definition) is 7. The van der Waals surface area contributed by atoms with Crippen LogP contribution in [0.25, 0.3) is 0 Å². The predicted octanol–water partition coefficient (Wildman–Crippen LogP) is 2.82. The topological polar surface area (TPSA) is 94.5 Å². The van der Waals surface area contributed by atoms with Crippen molar-refractivity contribution in [2.75, 3.05) is 6.61 Å². The molecule has 0 fully saturated rings. The Morgan fingerprint density at radius 2 is 2.12 bits per heavy atom. The maximum Gasteiger partial charge on any atom is 0.357 e. The van der Waals surface area contributed by atoms with Crippen LogP contribution in [0, 0.1) is 5.92 Å². The van der Waals surface area contributed by atoms with Gasteiger partial charge in [0, 0.05) is 16.7 Å². The van der Waals surface area contributed by atoms with Crippen molar-refractivity contribution in [3.8, 4) is 0 Å². The molecule has 2 unspecified atom stereocenters. The van der Waals surface area contributed by atoms with Crippen molar-refractivity contribution in [3.63, 3.8) is 0 Å². The van der Waals surface area contributed by atoms with Gasteiger partial charge < -0.3 is 14.4 Å². The fourth-order valence-electron chi connectivity index (χ4n) is 1.85. The average Bonchev–Trinajstić information content (AvgIpc) is 2.95. The summed E-state index contributed by atoms with van der Waals surface area (Å²) >= 11 is 0.00655. The maximum absolute atomic E-state index is 12.3. The smallest absolute Gasteiger partial charge is 0.357 e. The summed E-state index contributed by atoms with van der Waals surface area (Å²) in [7, 11) is 0. The minimum absolute atomic E-state index is 0.130. The molecule has 3 atom stereocenters. The van der Waals surface area contributed by atoms with Gasteiger partial charge in [-0.1, -0.05) is 13.8 Å². The van der Waals surface area contributed by atoms with Crippen LogP contribution in [0.2, 0.25) is 0 Å². The molecule has 24 heavy (non-hydrogen) atoms. The molecule has 0 radical (unpaired) electrons. The lowest BCUT2D eigenvalue weighted by molar-refractivity contribution is 0.0519. The van der Waals surface area contributed by atoms with Gasteiger partial charge in [0.25, 0.3) is 0 Å². The van der Waals surface area contributed by atoms with Gasteiger partial charge in [-0.25, -0.2) is 9.78 Å². The molecule has 1 aromatic heterocycles. The average molecular weight is 377 g/mol. The van der Waals surface area contributed by atoms with Crippen LogP contribution in [0.5, 0.6) is 0 Å². The summed E-state index contributed by atoms with van der Waals surface area (Å²) in [5.41, 5.74) is 0.211. The Kier molecular flexibility index (Phi) is 8.14. The number of carbonyl (C=O) groups excluding carboxylic acids is 1. The van der Waals surface area contributed by atoms with Crippen LogP contribution in [0.4, 0.5) is 0 Å². The molecule has 0 spiro atoms. The minimum atomic E-state index is -1.22. The van der Waals surface area contributed by atoms with E-state index in [9.17, 15) is 14.5 Å². The van der Waals surface area contributed by atoms with E-state index in [4.69, 9.17) is 4.74 Å². The Balaban J connectivity index is 2.75. The van der Waals surface area contributed by atoms with Crippen molar-refractivity contribution >= 4 is 28.7 Å². The second kappa shape index (κ2) is 9.15. The van der Waals surface area contributed by atoms with E-state index in [0.29, 0.717) is 11.4 Å². The molecule has 1 heterocycles. The summed E-state index contributed by atoms with van der Waals surface area (Å²) in [6.07, 6.45) is -0.454. The highest BCUT2D eigenvalue weighted by atomic mass is 32.2. The number of aliphatic hydroxyl groups excluding tert-OH is 1. The minimum Gasteiger partial charge on any atom is -0.598 e. The number of ether oxygens (including phenoxy) is 1. The zero-order valence-corrected chi connectivity index (χ0v) is 16.8. The largest absolute Gasteiger partial charge is 0.598 e. The van der Waals surface area contributed by atoms with Gasteiger partial charge in [0.2, 0.25) is 0 Å². The Bertz CT molecular complexity index is 528. The highest BCUT2D eigenvalue weighted by molar-refractivity contribution is 7.90. The molecule has 6 nitrogen and oxygen atoms in total. The van der Waals surface area contributed by atoms with Crippen molar-refractivity contribution in [2.45, 2.75) is 64.9 Å². The number of aromatic nitrogens is 1. The number of thiazole rings is 1. The first kappa shape index (κ1) is 21.4. The SMILES string of the molecule is CCOC(=O)c1csc(C(O)CC(N[S@@+]([O-])C(C)(C)C)C(C)C)n1. The molecule has 0 bridgehead atoms. The summed E-state index contributed by atoms with van der Waals surface area (Å²) < 4.78 is 19.9. The van der Waals surface area contributed by atoms with Crippen molar-refractivity contribution in [2.24, 2.45) is 5.92 Å². The first-order chi connectivity index (χ1) is 11.1. The number of nitrogens with one attached hydrogen (secondary N) is 1. The normalized spacial score (nSPS) is 16.0. The molecule has 1 aromatic rings. The van der Waals surface area contributed by atoms with E-state index in [1.165, 1.54) is 11.3 Å². The van der Waals surface area contributed by atoms with Crippen molar-refractivity contribution in [1.82, 2.24) is 9.71 Å². The Hall–Kier alpha value is -0.670. The third-order valence-corrected chi connectivity index (χ3v) is 5.96.